The molecule has 1 aromatic carbocycles. The number of carbonyl (C=O) groups is 1. The molecule has 0 heterocycles. The summed E-state index contributed by atoms with van der Waals surface area (Å²) in [6, 6.07) is 4.44. The van der Waals surface area contributed by atoms with E-state index >= 15 is 0 Å². The molecule has 1 atom stereocenters. The van der Waals surface area contributed by atoms with E-state index in [1.165, 1.54) is 25.6 Å². The molecular formula is C18H28N2O4S. The summed E-state index contributed by atoms with van der Waals surface area (Å²) in [5.41, 5.74) is 0.0270. The molecule has 0 aliphatic heterocycles. The second-order valence-corrected chi connectivity index (χ2v) is 8.95. The highest BCUT2D eigenvalue weighted by molar-refractivity contribution is 7.89. The van der Waals surface area contributed by atoms with Crippen LogP contribution in [0.1, 0.15) is 54.9 Å². The van der Waals surface area contributed by atoms with Crippen molar-refractivity contribution in [1.82, 2.24) is 10.0 Å². The van der Waals surface area contributed by atoms with Crippen molar-refractivity contribution >= 4 is 15.9 Å². The largest absolute Gasteiger partial charge is 0.388 e. The number of aryl methyl sites for hydroxylation is 1. The van der Waals surface area contributed by atoms with Gasteiger partial charge in [-0.2, -0.15) is 0 Å². The maximum absolute atomic E-state index is 12.5. The summed E-state index contributed by atoms with van der Waals surface area (Å²) in [4.78, 5) is 12.6. The minimum Gasteiger partial charge on any atom is -0.388 e. The highest BCUT2D eigenvalue weighted by Gasteiger charge is 2.33. The fraction of sp³-hybridized carbons (Fsp3) is 0.611. The van der Waals surface area contributed by atoms with Gasteiger partial charge in [0.05, 0.1) is 10.5 Å². The van der Waals surface area contributed by atoms with Gasteiger partial charge in [0.2, 0.25) is 10.0 Å². The lowest BCUT2D eigenvalue weighted by Gasteiger charge is -2.35. The van der Waals surface area contributed by atoms with Gasteiger partial charge in [-0.25, -0.2) is 13.1 Å². The highest BCUT2D eigenvalue weighted by atomic mass is 32.2. The molecule has 0 unspecified atom stereocenters. The molecule has 1 saturated carbocycles. The van der Waals surface area contributed by atoms with E-state index in [1.54, 1.807) is 19.9 Å². The SMILES string of the molecule is CNS(=O)(=O)c1ccc(C)c(C(=O)NC[C@@](C)(O)C2CCCCC2)c1. The van der Waals surface area contributed by atoms with Crippen molar-refractivity contribution in [3.8, 4) is 0 Å². The Balaban J connectivity index is 2.11. The number of benzene rings is 1. The Hall–Kier alpha value is -1.44. The molecule has 3 N–H and O–H groups in total. The van der Waals surface area contributed by atoms with E-state index in [0.29, 0.717) is 11.1 Å². The van der Waals surface area contributed by atoms with Crippen LogP contribution >= 0.6 is 0 Å². The smallest absolute Gasteiger partial charge is 0.251 e. The zero-order chi connectivity index (χ0) is 18.7. The van der Waals surface area contributed by atoms with Crippen LogP contribution in [0.25, 0.3) is 0 Å². The third-order valence-electron chi connectivity index (χ3n) is 5.12. The predicted octanol–water partition coefficient (Wildman–Crippen LogP) is 1.96. The second kappa shape index (κ2) is 7.85. The Morgan fingerprint density at radius 3 is 2.52 bits per heavy atom. The van der Waals surface area contributed by atoms with Crippen LogP contribution in [-0.2, 0) is 10.0 Å². The Morgan fingerprint density at radius 1 is 1.28 bits per heavy atom. The predicted molar refractivity (Wildman–Crippen MR) is 97.0 cm³/mol. The average molecular weight is 368 g/mol. The number of sulfonamides is 1. The lowest BCUT2D eigenvalue weighted by molar-refractivity contribution is -0.0143. The minimum absolute atomic E-state index is 0.0461. The Bertz CT molecular complexity index is 723. The summed E-state index contributed by atoms with van der Waals surface area (Å²) in [5, 5.41) is 13.5. The van der Waals surface area contributed by atoms with Crippen molar-refractivity contribution < 1.29 is 18.3 Å². The first-order chi connectivity index (χ1) is 11.7. The van der Waals surface area contributed by atoms with E-state index in [0.717, 1.165) is 25.7 Å². The van der Waals surface area contributed by atoms with Crippen molar-refractivity contribution in [2.24, 2.45) is 5.92 Å². The van der Waals surface area contributed by atoms with Gasteiger partial charge in [-0.3, -0.25) is 4.79 Å². The zero-order valence-electron chi connectivity index (χ0n) is 15.1. The number of aliphatic hydroxyl groups is 1. The molecule has 1 aromatic rings. The molecular weight excluding hydrogens is 340 g/mol. The third kappa shape index (κ3) is 4.80. The first kappa shape index (κ1) is 19.9. The summed E-state index contributed by atoms with van der Waals surface area (Å²) in [7, 11) is -2.28. The van der Waals surface area contributed by atoms with Gasteiger partial charge >= 0.3 is 0 Å². The van der Waals surface area contributed by atoms with Crippen molar-refractivity contribution in [2.45, 2.75) is 56.4 Å². The van der Waals surface area contributed by atoms with Crippen LogP contribution in [0.2, 0.25) is 0 Å². The second-order valence-electron chi connectivity index (χ2n) is 7.06. The van der Waals surface area contributed by atoms with Gasteiger partial charge in [-0.1, -0.05) is 25.3 Å². The number of carbonyl (C=O) groups excluding carboxylic acids is 1. The van der Waals surface area contributed by atoms with Crippen LogP contribution in [0, 0.1) is 12.8 Å². The van der Waals surface area contributed by atoms with E-state index in [2.05, 4.69) is 10.0 Å². The summed E-state index contributed by atoms with van der Waals surface area (Å²) < 4.78 is 26.1. The summed E-state index contributed by atoms with van der Waals surface area (Å²) in [6.45, 7) is 3.67. The molecule has 140 valence electrons. The number of amides is 1. The molecule has 6 nitrogen and oxygen atoms in total. The van der Waals surface area contributed by atoms with E-state index in [4.69, 9.17) is 0 Å². The molecule has 1 amide bonds. The molecule has 7 heteroatoms. The molecule has 0 spiro atoms. The lowest BCUT2D eigenvalue weighted by atomic mass is 9.78. The Kier molecular flexibility index (Phi) is 6.24. The average Bonchev–Trinajstić information content (AvgIpc) is 2.60. The quantitative estimate of drug-likeness (QED) is 0.715. The van der Waals surface area contributed by atoms with Crippen LogP contribution in [0.5, 0.6) is 0 Å². The molecule has 1 fully saturated rings. The fourth-order valence-corrected chi connectivity index (χ4v) is 4.11. The molecule has 0 saturated heterocycles. The zero-order valence-corrected chi connectivity index (χ0v) is 15.9. The van der Waals surface area contributed by atoms with Crippen molar-refractivity contribution in [2.75, 3.05) is 13.6 Å². The molecule has 1 aliphatic carbocycles. The van der Waals surface area contributed by atoms with Gasteiger partial charge < -0.3 is 10.4 Å². The molecule has 0 bridgehead atoms. The van der Waals surface area contributed by atoms with Gasteiger partial charge in [-0.15, -0.1) is 0 Å². The molecule has 0 aromatic heterocycles. The van der Waals surface area contributed by atoms with E-state index in [1.807, 2.05) is 0 Å². The van der Waals surface area contributed by atoms with Gasteiger partial charge in [0.1, 0.15) is 0 Å². The Labute approximate surface area is 150 Å². The lowest BCUT2D eigenvalue weighted by Crippen LogP contribution is -2.46. The standard InChI is InChI=1S/C18H28N2O4S/c1-13-9-10-15(25(23,24)19-3)11-16(13)17(21)20-12-18(2,22)14-7-5-4-6-8-14/h9-11,14,19,22H,4-8,12H2,1-3H3,(H,20,21)/t18-/m1/s1. The summed E-state index contributed by atoms with van der Waals surface area (Å²) in [5.74, 6) is -0.194. The number of rotatable bonds is 6. The van der Waals surface area contributed by atoms with Crippen molar-refractivity contribution in [1.29, 1.82) is 0 Å². The van der Waals surface area contributed by atoms with Crippen molar-refractivity contribution in [3.63, 3.8) is 0 Å². The number of hydrogen-bond donors (Lipinski definition) is 3. The van der Waals surface area contributed by atoms with Crippen LogP contribution in [0.3, 0.4) is 0 Å². The summed E-state index contributed by atoms with van der Waals surface area (Å²) >= 11 is 0. The number of nitrogens with one attached hydrogen (secondary N) is 2. The maximum atomic E-state index is 12.5. The number of hydrogen-bond acceptors (Lipinski definition) is 4. The first-order valence-corrected chi connectivity index (χ1v) is 10.2. The highest BCUT2D eigenvalue weighted by Crippen LogP contribution is 2.32. The molecule has 1 aliphatic rings. The topological polar surface area (TPSA) is 95.5 Å². The van der Waals surface area contributed by atoms with Crippen LogP contribution in [-0.4, -0.2) is 38.6 Å². The van der Waals surface area contributed by atoms with Crippen LogP contribution in [0.4, 0.5) is 0 Å². The van der Waals surface area contributed by atoms with Gasteiger partial charge in [0.15, 0.2) is 0 Å². The van der Waals surface area contributed by atoms with Crippen LogP contribution in [0.15, 0.2) is 23.1 Å². The molecule has 0 radical (unpaired) electrons. The van der Waals surface area contributed by atoms with Crippen molar-refractivity contribution in [3.05, 3.63) is 29.3 Å². The monoisotopic (exact) mass is 368 g/mol. The van der Waals surface area contributed by atoms with Gasteiger partial charge in [0, 0.05) is 12.1 Å². The fourth-order valence-electron chi connectivity index (χ4n) is 3.35. The van der Waals surface area contributed by atoms with E-state index in [9.17, 15) is 18.3 Å². The van der Waals surface area contributed by atoms with Crippen LogP contribution < -0.4 is 10.0 Å². The minimum atomic E-state index is -3.61. The Morgan fingerprint density at radius 2 is 1.92 bits per heavy atom. The van der Waals surface area contributed by atoms with E-state index < -0.39 is 15.6 Å². The van der Waals surface area contributed by atoms with Gasteiger partial charge in [0.25, 0.3) is 5.91 Å². The maximum Gasteiger partial charge on any atom is 0.251 e. The molecule has 25 heavy (non-hydrogen) atoms. The third-order valence-corrected chi connectivity index (χ3v) is 6.54. The first-order valence-electron chi connectivity index (χ1n) is 8.72. The molecule has 2 rings (SSSR count). The summed E-state index contributed by atoms with van der Waals surface area (Å²) in [6.07, 6.45) is 5.36. The van der Waals surface area contributed by atoms with E-state index in [-0.39, 0.29) is 23.3 Å². The van der Waals surface area contributed by atoms with Gasteiger partial charge in [-0.05, 0) is 57.4 Å². The normalized spacial score (nSPS) is 18.6.